The van der Waals surface area contributed by atoms with Gasteiger partial charge in [-0.1, -0.05) is 42.0 Å². The molecule has 0 aliphatic heterocycles. The third kappa shape index (κ3) is 2.97. The second kappa shape index (κ2) is 6.22. The van der Waals surface area contributed by atoms with Gasteiger partial charge in [0.2, 0.25) is 4.96 Å². The van der Waals surface area contributed by atoms with Gasteiger partial charge in [-0.05, 0) is 31.5 Å². The molecule has 0 bridgehead atoms. The summed E-state index contributed by atoms with van der Waals surface area (Å²) in [6.45, 7) is 4.09. The number of hydrogen-bond donors (Lipinski definition) is 1. The predicted octanol–water partition coefficient (Wildman–Crippen LogP) is 3.88. The highest BCUT2D eigenvalue weighted by Crippen LogP contribution is 2.29. The molecule has 0 aliphatic rings. The van der Waals surface area contributed by atoms with Gasteiger partial charge in [0.05, 0.1) is 10.6 Å². The number of sulfonamides is 1. The van der Waals surface area contributed by atoms with Crippen molar-refractivity contribution in [3.05, 3.63) is 65.0 Å². The maximum Gasteiger partial charge on any atom is 0.264 e. The Morgan fingerprint density at radius 1 is 1.08 bits per heavy atom. The van der Waals surface area contributed by atoms with E-state index < -0.39 is 10.0 Å². The van der Waals surface area contributed by atoms with Crippen LogP contribution in [0.5, 0.6) is 0 Å². The van der Waals surface area contributed by atoms with E-state index in [2.05, 4.69) is 20.9 Å². The van der Waals surface area contributed by atoms with Crippen LogP contribution in [-0.4, -0.2) is 23.0 Å². The van der Waals surface area contributed by atoms with E-state index in [0.717, 1.165) is 16.8 Å². The molecular formula is C18H16N4O2S2. The smallest absolute Gasteiger partial charge is 0.246 e. The fourth-order valence-electron chi connectivity index (χ4n) is 2.79. The van der Waals surface area contributed by atoms with Crippen LogP contribution in [0.15, 0.2) is 58.8 Å². The highest BCUT2D eigenvalue weighted by Gasteiger charge is 2.18. The van der Waals surface area contributed by atoms with Crippen molar-refractivity contribution in [1.82, 2.24) is 14.6 Å². The standard InChI is InChI=1S/C18H16N4O2S2/c1-12-8-9-15(13(2)10-12)16-11-25-18-19-17(20-22(16)18)21-26(23,24)14-6-4-3-5-7-14/h3-11H,1-2H3,(H,20,21). The van der Waals surface area contributed by atoms with Crippen LogP contribution in [0.2, 0.25) is 0 Å². The first-order valence-electron chi connectivity index (χ1n) is 7.94. The molecule has 4 aromatic rings. The Morgan fingerprint density at radius 2 is 1.85 bits per heavy atom. The quantitative estimate of drug-likeness (QED) is 0.579. The maximum absolute atomic E-state index is 12.4. The van der Waals surface area contributed by atoms with Crippen molar-refractivity contribution in [3.8, 4) is 11.3 Å². The Kier molecular flexibility index (Phi) is 4.01. The molecule has 0 fully saturated rings. The van der Waals surface area contributed by atoms with E-state index in [4.69, 9.17) is 0 Å². The number of nitrogens with zero attached hydrogens (tertiary/aromatic N) is 3. The van der Waals surface area contributed by atoms with Crippen molar-refractivity contribution >= 4 is 32.3 Å². The molecule has 0 amide bonds. The van der Waals surface area contributed by atoms with Crippen LogP contribution in [0.1, 0.15) is 11.1 Å². The number of aryl methyl sites for hydroxylation is 2. The summed E-state index contributed by atoms with van der Waals surface area (Å²) in [5.74, 6) is 0.0618. The lowest BCUT2D eigenvalue weighted by atomic mass is 10.0. The molecule has 8 heteroatoms. The Hall–Kier alpha value is -2.71. The van der Waals surface area contributed by atoms with E-state index >= 15 is 0 Å². The summed E-state index contributed by atoms with van der Waals surface area (Å²) < 4.78 is 29.0. The first-order valence-corrected chi connectivity index (χ1v) is 10.3. The Bertz CT molecular complexity index is 1190. The predicted molar refractivity (Wildman–Crippen MR) is 103 cm³/mol. The zero-order valence-corrected chi connectivity index (χ0v) is 15.8. The van der Waals surface area contributed by atoms with Crippen LogP contribution in [0.3, 0.4) is 0 Å². The van der Waals surface area contributed by atoms with Crippen molar-refractivity contribution < 1.29 is 8.42 Å². The third-order valence-corrected chi connectivity index (χ3v) is 6.18. The summed E-state index contributed by atoms with van der Waals surface area (Å²) in [6, 6.07) is 14.4. The van der Waals surface area contributed by atoms with E-state index in [9.17, 15) is 8.42 Å². The molecule has 6 nitrogen and oxygen atoms in total. The molecule has 0 saturated heterocycles. The van der Waals surface area contributed by atoms with Gasteiger partial charge in [-0.15, -0.1) is 16.4 Å². The van der Waals surface area contributed by atoms with Gasteiger partial charge in [-0.2, -0.15) is 4.98 Å². The lowest BCUT2D eigenvalue weighted by molar-refractivity contribution is 0.601. The molecule has 132 valence electrons. The number of thiazole rings is 1. The molecule has 2 heterocycles. The van der Waals surface area contributed by atoms with Gasteiger partial charge in [-0.25, -0.2) is 17.7 Å². The molecule has 4 rings (SSSR count). The Labute approximate surface area is 155 Å². The van der Waals surface area contributed by atoms with Gasteiger partial charge in [0.1, 0.15) is 0 Å². The number of aromatic nitrogens is 3. The number of rotatable bonds is 4. The summed E-state index contributed by atoms with van der Waals surface area (Å²) in [5, 5.41) is 6.32. The van der Waals surface area contributed by atoms with Crippen LogP contribution in [0.25, 0.3) is 16.2 Å². The van der Waals surface area contributed by atoms with Crippen molar-refractivity contribution in [3.63, 3.8) is 0 Å². The zero-order valence-electron chi connectivity index (χ0n) is 14.2. The molecule has 26 heavy (non-hydrogen) atoms. The normalized spacial score (nSPS) is 11.8. The van der Waals surface area contributed by atoms with Crippen LogP contribution in [-0.2, 0) is 10.0 Å². The van der Waals surface area contributed by atoms with Crippen molar-refractivity contribution in [2.45, 2.75) is 18.7 Å². The molecule has 0 aliphatic carbocycles. The van der Waals surface area contributed by atoms with E-state index in [1.165, 1.54) is 29.0 Å². The molecule has 2 aromatic carbocycles. The maximum atomic E-state index is 12.4. The van der Waals surface area contributed by atoms with Gasteiger partial charge in [0.15, 0.2) is 0 Å². The van der Waals surface area contributed by atoms with E-state index in [1.807, 2.05) is 31.4 Å². The number of hydrogen-bond acceptors (Lipinski definition) is 5. The molecule has 0 unspecified atom stereocenters. The molecule has 1 N–H and O–H groups in total. The van der Waals surface area contributed by atoms with Crippen LogP contribution in [0, 0.1) is 13.8 Å². The summed E-state index contributed by atoms with van der Waals surface area (Å²) in [5.41, 5.74) is 4.25. The largest absolute Gasteiger partial charge is 0.264 e. The summed E-state index contributed by atoms with van der Waals surface area (Å²) in [6.07, 6.45) is 0. The fraction of sp³-hybridized carbons (Fsp3) is 0.111. The molecule has 0 atom stereocenters. The minimum absolute atomic E-state index is 0.0618. The van der Waals surface area contributed by atoms with Gasteiger partial charge < -0.3 is 0 Å². The van der Waals surface area contributed by atoms with Gasteiger partial charge in [0.25, 0.3) is 16.0 Å². The number of fused-ring (bicyclic) bond motifs is 1. The molecular weight excluding hydrogens is 368 g/mol. The van der Waals surface area contributed by atoms with E-state index in [1.54, 1.807) is 22.7 Å². The first-order chi connectivity index (χ1) is 12.4. The third-order valence-electron chi connectivity index (χ3n) is 4.02. The number of nitrogens with one attached hydrogen (secondary N) is 1. The molecule has 2 aromatic heterocycles. The summed E-state index contributed by atoms with van der Waals surface area (Å²) >= 11 is 1.42. The number of benzene rings is 2. The summed E-state index contributed by atoms with van der Waals surface area (Å²) in [7, 11) is -3.71. The van der Waals surface area contributed by atoms with E-state index in [-0.39, 0.29) is 10.8 Å². The van der Waals surface area contributed by atoms with Crippen LogP contribution < -0.4 is 4.72 Å². The van der Waals surface area contributed by atoms with Crippen LogP contribution >= 0.6 is 11.3 Å². The van der Waals surface area contributed by atoms with Crippen molar-refractivity contribution in [2.75, 3.05) is 4.72 Å². The average Bonchev–Trinajstić information content (AvgIpc) is 3.16. The minimum Gasteiger partial charge on any atom is -0.246 e. The molecule has 0 radical (unpaired) electrons. The van der Waals surface area contributed by atoms with E-state index in [0.29, 0.717) is 4.96 Å². The monoisotopic (exact) mass is 384 g/mol. The lowest BCUT2D eigenvalue weighted by Crippen LogP contribution is -2.14. The van der Waals surface area contributed by atoms with Gasteiger partial charge in [0, 0.05) is 10.9 Å². The summed E-state index contributed by atoms with van der Waals surface area (Å²) in [4.78, 5) is 5.10. The first kappa shape index (κ1) is 16.7. The lowest BCUT2D eigenvalue weighted by Gasteiger charge is -2.05. The number of anilines is 1. The molecule has 0 saturated carbocycles. The highest BCUT2D eigenvalue weighted by molar-refractivity contribution is 7.92. The topological polar surface area (TPSA) is 76.4 Å². The fourth-order valence-corrected chi connectivity index (χ4v) is 4.57. The second-order valence-corrected chi connectivity index (χ2v) is 8.51. The van der Waals surface area contributed by atoms with Gasteiger partial charge in [-0.3, -0.25) is 0 Å². The van der Waals surface area contributed by atoms with Crippen molar-refractivity contribution in [1.29, 1.82) is 0 Å². The minimum atomic E-state index is -3.71. The molecule has 0 spiro atoms. The Morgan fingerprint density at radius 3 is 2.58 bits per heavy atom. The SMILES string of the molecule is Cc1ccc(-c2csc3nc(NS(=O)(=O)c4ccccc4)nn23)c(C)c1. The van der Waals surface area contributed by atoms with Crippen molar-refractivity contribution in [2.24, 2.45) is 0 Å². The highest BCUT2D eigenvalue weighted by atomic mass is 32.2. The average molecular weight is 384 g/mol. The Balaban J connectivity index is 1.73. The zero-order chi connectivity index (χ0) is 18.3. The second-order valence-electron chi connectivity index (χ2n) is 5.99. The van der Waals surface area contributed by atoms with Crippen LogP contribution in [0.4, 0.5) is 5.95 Å². The van der Waals surface area contributed by atoms with Gasteiger partial charge >= 0.3 is 0 Å².